The highest BCUT2D eigenvalue weighted by molar-refractivity contribution is 7.11. The molecule has 2 aromatic heterocycles. The number of aliphatic hydroxyl groups excluding tert-OH is 1. The van der Waals surface area contributed by atoms with Gasteiger partial charge >= 0.3 is 0 Å². The van der Waals surface area contributed by atoms with Crippen molar-refractivity contribution in [1.82, 2.24) is 19.4 Å². The smallest absolute Gasteiger partial charge is 0.137 e. The summed E-state index contributed by atoms with van der Waals surface area (Å²) in [5.41, 5.74) is 0.161. The topological polar surface area (TPSA) is 54.2 Å². The zero-order chi connectivity index (χ0) is 17.3. The van der Waals surface area contributed by atoms with Crippen molar-refractivity contribution in [3.63, 3.8) is 0 Å². The SMILES string of the molecule is Cn1ccnc1[C@@H](O)[C@H]1CCCN(Cc2ncc(C(C)(C)C)s2)C1. The number of aromatic nitrogens is 3. The summed E-state index contributed by atoms with van der Waals surface area (Å²) in [6.07, 6.45) is 7.34. The van der Waals surface area contributed by atoms with Crippen molar-refractivity contribution < 1.29 is 5.11 Å². The highest BCUT2D eigenvalue weighted by Crippen LogP contribution is 2.31. The third-order valence-corrected chi connectivity index (χ3v) is 6.17. The van der Waals surface area contributed by atoms with Gasteiger partial charge in [0.25, 0.3) is 0 Å². The van der Waals surface area contributed by atoms with Gasteiger partial charge in [0.15, 0.2) is 0 Å². The van der Waals surface area contributed by atoms with Crippen molar-refractivity contribution in [2.45, 2.75) is 51.7 Å². The molecule has 0 unspecified atom stereocenters. The van der Waals surface area contributed by atoms with Crippen LogP contribution in [0, 0.1) is 5.92 Å². The molecule has 132 valence electrons. The largest absolute Gasteiger partial charge is 0.385 e. The first-order valence-corrected chi connectivity index (χ1v) is 9.49. The fourth-order valence-corrected chi connectivity index (χ4v) is 4.30. The number of hydrogen-bond acceptors (Lipinski definition) is 5. The van der Waals surface area contributed by atoms with E-state index in [-0.39, 0.29) is 11.3 Å². The normalized spacial score (nSPS) is 21.1. The highest BCUT2D eigenvalue weighted by Gasteiger charge is 2.29. The second kappa shape index (κ2) is 6.94. The highest BCUT2D eigenvalue weighted by atomic mass is 32.1. The van der Waals surface area contributed by atoms with Crippen molar-refractivity contribution in [3.8, 4) is 0 Å². The second-order valence-corrected chi connectivity index (χ2v) is 8.96. The Morgan fingerprint density at radius 3 is 2.79 bits per heavy atom. The molecule has 0 bridgehead atoms. The summed E-state index contributed by atoms with van der Waals surface area (Å²) in [6.45, 7) is 9.54. The number of hydrogen-bond donors (Lipinski definition) is 1. The molecule has 1 N–H and O–H groups in total. The Bertz CT molecular complexity index is 673. The lowest BCUT2D eigenvalue weighted by Gasteiger charge is -2.34. The summed E-state index contributed by atoms with van der Waals surface area (Å²) in [7, 11) is 1.94. The monoisotopic (exact) mass is 348 g/mol. The van der Waals surface area contributed by atoms with Crippen molar-refractivity contribution >= 4 is 11.3 Å². The van der Waals surface area contributed by atoms with Crippen LogP contribution in [0.5, 0.6) is 0 Å². The summed E-state index contributed by atoms with van der Waals surface area (Å²) >= 11 is 1.81. The molecule has 0 radical (unpaired) electrons. The van der Waals surface area contributed by atoms with Gasteiger partial charge in [-0.25, -0.2) is 9.97 Å². The van der Waals surface area contributed by atoms with Crippen LogP contribution in [0.25, 0.3) is 0 Å². The molecule has 24 heavy (non-hydrogen) atoms. The first kappa shape index (κ1) is 17.6. The first-order chi connectivity index (χ1) is 11.3. The van der Waals surface area contributed by atoms with Crippen molar-refractivity contribution in [3.05, 3.63) is 34.3 Å². The second-order valence-electron chi connectivity index (χ2n) is 7.85. The third-order valence-electron chi connectivity index (χ3n) is 4.76. The molecule has 6 heteroatoms. The maximum Gasteiger partial charge on any atom is 0.137 e. The molecule has 1 saturated heterocycles. The number of likely N-dealkylation sites (tertiary alicyclic amines) is 1. The summed E-state index contributed by atoms with van der Waals surface area (Å²) in [4.78, 5) is 12.7. The lowest BCUT2D eigenvalue weighted by atomic mass is 9.92. The van der Waals surface area contributed by atoms with E-state index in [4.69, 9.17) is 0 Å². The van der Waals surface area contributed by atoms with E-state index in [0.29, 0.717) is 0 Å². The summed E-state index contributed by atoms with van der Waals surface area (Å²) in [5, 5.41) is 11.9. The van der Waals surface area contributed by atoms with E-state index in [1.54, 1.807) is 6.20 Å². The molecule has 0 saturated carbocycles. The van der Waals surface area contributed by atoms with Crippen LogP contribution in [-0.2, 0) is 19.0 Å². The van der Waals surface area contributed by atoms with Crippen molar-refractivity contribution in [1.29, 1.82) is 0 Å². The number of aryl methyl sites for hydroxylation is 1. The molecular formula is C18H28N4OS. The van der Waals surface area contributed by atoms with Gasteiger partial charge in [-0.15, -0.1) is 11.3 Å². The Balaban J connectivity index is 1.63. The molecule has 1 aliphatic rings. The number of aliphatic hydroxyl groups is 1. The lowest BCUT2D eigenvalue weighted by molar-refractivity contribution is 0.0404. The Kier molecular flexibility index (Phi) is 5.08. The minimum atomic E-state index is -0.491. The van der Waals surface area contributed by atoms with E-state index in [9.17, 15) is 5.11 Å². The zero-order valence-corrected chi connectivity index (χ0v) is 15.9. The van der Waals surface area contributed by atoms with Crippen molar-refractivity contribution in [2.24, 2.45) is 13.0 Å². The lowest BCUT2D eigenvalue weighted by Crippen LogP contribution is -2.37. The molecule has 5 nitrogen and oxygen atoms in total. The number of piperidine rings is 1. The van der Waals surface area contributed by atoms with Gasteiger partial charge in [0.05, 0.1) is 6.54 Å². The van der Waals surface area contributed by atoms with Crippen LogP contribution in [-0.4, -0.2) is 37.6 Å². The van der Waals surface area contributed by atoms with Gasteiger partial charge in [0, 0.05) is 43.0 Å². The molecule has 2 aromatic rings. The molecular weight excluding hydrogens is 320 g/mol. The maximum absolute atomic E-state index is 10.7. The Labute approximate surface area is 148 Å². The molecule has 0 amide bonds. The van der Waals surface area contributed by atoms with Crippen LogP contribution in [0.1, 0.15) is 55.4 Å². The molecule has 0 aromatic carbocycles. The zero-order valence-electron chi connectivity index (χ0n) is 15.1. The summed E-state index contributed by atoms with van der Waals surface area (Å²) in [5.74, 6) is 1.01. The predicted molar refractivity (Wildman–Crippen MR) is 97.0 cm³/mol. The molecule has 2 atom stereocenters. The van der Waals surface area contributed by atoms with Gasteiger partial charge in [-0.05, 0) is 24.8 Å². The number of rotatable bonds is 4. The van der Waals surface area contributed by atoms with Gasteiger partial charge in [0.2, 0.25) is 0 Å². The fourth-order valence-electron chi connectivity index (χ4n) is 3.29. The van der Waals surface area contributed by atoms with E-state index in [0.717, 1.165) is 38.3 Å². The summed E-state index contributed by atoms with van der Waals surface area (Å²) in [6, 6.07) is 0. The molecule has 0 spiro atoms. The van der Waals surface area contributed by atoms with E-state index in [1.807, 2.05) is 35.3 Å². The van der Waals surface area contributed by atoms with Gasteiger partial charge in [-0.2, -0.15) is 0 Å². The quantitative estimate of drug-likeness (QED) is 0.922. The number of nitrogens with zero attached hydrogens (tertiary/aromatic N) is 4. The number of imidazole rings is 1. The average molecular weight is 349 g/mol. The minimum Gasteiger partial charge on any atom is -0.385 e. The third kappa shape index (κ3) is 3.87. The van der Waals surface area contributed by atoms with Crippen LogP contribution >= 0.6 is 11.3 Å². The Morgan fingerprint density at radius 2 is 2.17 bits per heavy atom. The maximum atomic E-state index is 10.7. The summed E-state index contributed by atoms with van der Waals surface area (Å²) < 4.78 is 1.92. The van der Waals surface area contributed by atoms with Crippen LogP contribution in [0.3, 0.4) is 0 Å². The average Bonchev–Trinajstić information content (AvgIpc) is 3.15. The van der Waals surface area contributed by atoms with E-state index >= 15 is 0 Å². The molecule has 1 fully saturated rings. The first-order valence-electron chi connectivity index (χ1n) is 8.67. The minimum absolute atomic E-state index is 0.161. The van der Waals surface area contributed by atoms with Gasteiger partial charge < -0.3 is 9.67 Å². The fraction of sp³-hybridized carbons (Fsp3) is 0.667. The van der Waals surface area contributed by atoms with E-state index < -0.39 is 6.10 Å². The number of thiazole rings is 1. The molecule has 1 aliphatic heterocycles. The van der Waals surface area contributed by atoms with Gasteiger partial charge in [-0.3, -0.25) is 4.90 Å². The van der Waals surface area contributed by atoms with Gasteiger partial charge in [0.1, 0.15) is 16.9 Å². The predicted octanol–water partition coefficient (Wildman–Crippen LogP) is 3.12. The van der Waals surface area contributed by atoms with E-state index in [1.165, 1.54) is 9.88 Å². The Morgan fingerprint density at radius 1 is 1.38 bits per heavy atom. The van der Waals surface area contributed by atoms with Crippen LogP contribution in [0.4, 0.5) is 0 Å². The van der Waals surface area contributed by atoms with Crippen LogP contribution in [0.2, 0.25) is 0 Å². The standard InChI is InChI=1S/C18H28N4OS/c1-18(2,3)14-10-20-15(24-14)12-22-8-5-6-13(11-22)16(23)17-19-7-9-21(17)4/h7,9-10,13,16,23H,5-6,8,11-12H2,1-4H3/t13-,16-/m0/s1. The van der Waals surface area contributed by atoms with Crippen LogP contribution in [0.15, 0.2) is 18.6 Å². The molecule has 0 aliphatic carbocycles. The molecule has 3 rings (SSSR count). The van der Waals surface area contributed by atoms with Crippen LogP contribution < -0.4 is 0 Å². The Hall–Kier alpha value is -1.24. The van der Waals surface area contributed by atoms with Gasteiger partial charge in [-0.1, -0.05) is 20.8 Å². The van der Waals surface area contributed by atoms with E-state index in [2.05, 4.69) is 35.6 Å². The molecule has 3 heterocycles. The van der Waals surface area contributed by atoms with Crippen molar-refractivity contribution in [2.75, 3.05) is 13.1 Å².